The highest BCUT2D eigenvalue weighted by Gasteiger charge is 2.38. The van der Waals surface area contributed by atoms with E-state index in [1.807, 2.05) is 5.38 Å². The third-order valence-electron chi connectivity index (χ3n) is 7.04. The molecule has 11 heteroatoms. The molecule has 3 aromatic rings. The molecule has 0 saturated heterocycles. The first-order valence-corrected chi connectivity index (χ1v) is 13.1. The number of aliphatic imine (C=N–C) groups is 1. The van der Waals surface area contributed by atoms with Crippen LogP contribution in [0.1, 0.15) is 70.2 Å². The van der Waals surface area contributed by atoms with Crippen molar-refractivity contribution in [3.8, 4) is 0 Å². The number of aryl methyl sites for hydroxylation is 1. The second-order valence-corrected chi connectivity index (χ2v) is 10.2. The summed E-state index contributed by atoms with van der Waals surface area (Å²) in [4.78, 5) is 38.6. The van der Waals surface area contributed by atoms with E-state index in [1.165, 1.54) is 44.0 Å². The molecule has 9 nitrogen and oxygen atoms in total. The van der Waals surface area contributed by atoms with E-state index in [2.05, 4.69) is 15.3 Å². The Morgan fingerprint density at radius 3 is 2.50 bits per heavy atom. The van der Waals surface area contributed by atoms with Crippen LogP contribution in [0.2, 0.25) is 0 Å². The van der Waals surface area contributed by atoms with Gasteiger partial charge in [0.2, 0.25) is 0 Å². The highest BCUT2D eigenvalue weighted by atomic mass is 32.1. The molecule has 1 unspecified atom stereocenters. The third kappa shape index (κ3) is 4.98. The molecule has 0 amide bonds. The third-order valence-corrected chi connectivity index (χ3v) is 7.82. The van der Waals surface area contributed by atoms with Crippen LogP contribution in [0.15, 0.2) is 56.7 Å². The van der Waals surface area contributed by atoms with Crippen LogP contribution >= 0.6 is 11.3 Å². The van der Waals surface area contributed by atoms with Gasteiger partial charge in [0.15, 0.2) is 22.4 Å². The Morgan fingerprint density at radius 2 is 1.84 bits per heavy atom. The van der Waals surface area contributed by atoms with Crippen molar-refractivity contribution in [1.29, 1.82) is 0 Å². The minimum Gasteiger partial charge on any atom is -0.466 e. The maximum Gasteiger partial charge on any atom is 0.360 e. The lowest BCUT2D eigenvalue weighted by molar-refractivity contribution is -0.136. The van der Waals surface area contributed by atoms with E-state index >= 15 is 0 Å². The zero-order valence-corrected chi connectivity index (χ0v) is 22.0. The molecule has 1 aromatic carbocycles. The summed E-state index contributed by atoms with van der Waals surface area (Å²) in [6.07, 6.45) is 5.99. The standard InChI is InChI=1S/C27H27FN4O5S/c1-14-12-17(28)8-9-18(14)22-20(27(34)36-3)21(31-23(32-22)25-29-10-11-38-25)15-4-6-16(7-5-15)24-30-19(13-37-24)26(33)35-2/h8-13,15-16,22H,4-7H2,1-3H3,(H,31,32)/t15-,16-,22?. The van der Waals surface area contributed by atoms with Crippen LogP contribution in [0.25, 0.3) is 0 Å². The fourth-order valence-corrected chi connectivity index (χ4v) is 5.73. The number of halogens is 1. The number of aromatic nitrogens is 2. The minimum absolute atomic E-state index is 0.00380. The van der Waals surface area contributed by atoms with Crippen molar-refractivity contribution >= 4 is 29.1 Å². The zero-order valence-electron chi connectivity index (χ0n) is 21.2. The molecule has 38 heavy (non-hydrogen) atoms. The number of nitrogens with zero attached hydrogens (tertiary/aromatic N) is 3. The number of methoxy groups -OCH3 is 2. The lowest BCUT2D eigenvalue weighted by atomic mass is 9.77. The molecule has 5 rings (SSSR count). The van der Waals surface area contributed by atoms with Crippen molar-refractivity contribution < 1.29 is 27.9 Å². The SMILES string of the molecule is COC(=O)C1=C([C@H]2CC[C@H](c3nc(C(=O)OC)co3)CC2)NC(c2nccs2)=NC1c1ccc(F)cc1C. The maximum absolute atomic E-state index is 13.9. The average molecular weight is 539 g/mol. The summed E-state index contributed by atoms with van der Waals surface area (Å²) in [5.41, 5.74) is 2.72. The zero-order chi connectivity index (χ0) is 26.8. The summed E-state index contributed by atoms with van der Waals surface area (Å²) in [5, 5.41) is 5.96. The fourth-order valence-electron chi connectivity index (χ4n) is 5.14. The Morgan fingerprint density at radius 1 is 1.11 bits per heavy atom. The summed E-state index contributed by atoms with van der Waals surface area (Å²) in [6, 6.07) is 3.81. The van der Waals surface area contributed by atoms with Gasteiger partial charge >= 0.3 is 11.9 Å². The van der Waals surface area contributed by atoms with Gasteiger partial charge in [-0.2, -0.15) is 0 Å². The van der Waals surface area contributed by atoms with Crippen molar-refractivity contribution in [2.75, 3.05) is 14.2 Å². The van der Waals surface area contributed by atoms with Crippen LogP contribution in [-0.2, 0) is 14.3 Å². The minimum atomic E-state index is -0.676. The quantitative estimate of drug-likeness (QED) is 0.443. The topological polar surface area (TPSA) is 116 Å². The summed E-state index contributed by atoms with van der Waals surface area (Å²) in [5.74, 6) is -0.263. The number of oxazole rings is 1. The molecule has 2 aromatic heterocycles. The first-order valence-electron chi connectivity index (χ1n) is 12.3. The van der Waals surface area contributed by atoms with E-state index < -0.39 is 18.0 Å². The highest BCUT2D eigenvalue weighted by Crippen LogP contribution is 2.43. The monoisotopic (exact) mass is 538 g/mol. The van der Waals surface area contributed by atoms with Crippen LogP contribution < -0.4 is 5.32 Å². The molecule has 1 saturated carbocycles. The normalized spacial score (nSPS) is 21.5. The van der Waals surface area contributed by atoms with E-state index in [1.54, 1.807) is 19.2 Å². The van der Waals surface area contributed by atoms with E-state index in [4.69, 9.17) is 18.9 Å². The van der Waals surface area contributed by atoms with E-state index in [0.29, 0.717) is 27.9 Å². The van der Waals surface area contributed by atoms with Gasteiger partial charge in [-0.1, -0.05) is 6.07 Å². The van der Waals surface area contributed by atoms with Gasteiger partial charge in [0.1, 0.15) is 18.1 Å². The second-order valence-electron chi connectivity index (χ2n) is 9.27. The van der Waals surface area contributed by atoms with Gasteiger partial charge in [-0.15, -0.1) is 11.3 Å². The predicted molar refractivity (Wildman–Crippen MR) is 137 cm³/mol. The van der Waals surface area contributed by atoms with Crippen LogP contribution in [0, 0.1) is 18.7 Å². The molecule has 1 aliphatic carbocycles. The predicted octanol–water partition coefficient (Wildman–Crippen LogP) is 4.86. The Bertz CT molecular complexity index is 1410. The molecule has 1 N–H and O–H groups in total. The van der Waals surface area contributed by atoms with Gasteiger partial charge in [0.05, 0.1) is 19.8 Å². The van der Waals surface area contributed by atoms with Crippen molar-refractivity contribution in [2.45, 2.75) is 44.6 Å². The van der Waals surface area contributed by atoms with E-state index in [-0.39, 0.29) is 23.3 Å². The smallest absolute Gasteiger partial charge is 0.360 e. The van der Waals surface area contributed by atoms with Crippen LogP contribution in [0.3, 0.4) is 0 Å². The lowest BCUT2D eigenvalue weighted by Crippen LogP contribution is -2.37. The highest BCUT2D eigenvalue weighted by molar-refractivity contribution is 7.11. The first-order chi connectivity index (χ1) is 18.4. The molecule has 0 bridgehead atoms. The number of esters is 2. The van der Waals surface area contributed by atoms with Crippen molar-refractivity contribution in [1.82, 2.24) is 15.3 Å². The summed E-state index contributed by atoms with van der Waals surface area (Å²) in [7, 11) is 2.65. The van der Waals surface area contributed by atoms with Crippen LogP contribution in [-0.4, -0.2) is 42.0 Å². The Labute approximate surface area is 222 Å². The van der Waals surface area contributed by atoms with Gasteiger partial charge in [-0.25, -0.2) is 23.9 Å². The fraction of sp³-hybridized carbons (Fsp3) is 0.370. The number of rotatable bonds is 6. The van der Waals surface area contributed by atoms with Gasteiger partial charge < -0.3 is 19.2 Å². The average Bonchev–Trinajstić information content (AvgIpc) is 3.65. The number of allylic oxidation sites excluding steroid dienone is 1. The maximum atomic E-state index is 13.9. The van der Waals surface area contributed by atoms with Crippen molar-refractivity contribution in [3.63, 3.8) is 0 Å². The Balaban J connectivity index is 1.49. The number of carbonyl (C=O) groups excluding carboxylic acids is 2. The molecule has 0 spiro atoms. The lowest BCUT2D eigenvalue weighted by Gasteiger charge is -2.34. The van der Waals surface area contributed by atoms with Crippen molar-refractivity contribution in [2.24, 2.45) is 10.9 Å². The van der Waals surface area contributed by atoms with Gasteiger partial charge in [-0.3, -0.25) is 4.99 Å². The number of ether oxygens (including phenoxy) is 2. The largest absolute Gasteiger partial charge is 0.466 e. The first kappa shape index (κ1) is 25.8. The van der Waals surface area contributed by atoms with Crippen molar-refractivity contribution in [3.05, 3.63) is 80.8 Å². The molecule has 198 valence electrons. The number of thiazole rings is 1. The molecule has 1 fully saturated rings. The van der Waals surface area contributed by atoms with E-state index in [0.717, 1.165) is 36.9 Å². The molecular weight excluding hydrogens is 511 g/mol. The molecular formula is C27H27FN4O5S. The molecule has 3 heterocycles. The number of carbonyl (C=O) groups is 2. The number of benzene rings is 1. The number of hydrogen-bond donors (Lipinski definition) is 1. The van der Waals surface area contributed by atoms with Gasteiger partial charge in [-0.05, 0) is 61.8 Å². The van der Waals surface area contributed by atoms with Crippen LogP contribution in [0.4, 0.5) is 4.39 Å². The summed E-state index contributed by atoms with van der Waals surface area (Å²) < 4.78 is 29.5. The molecule has 1 atom stereocenters. The molecule has 0 radical (unpaired) electrons. The molecule has 2 aliphatic rings. The second kappa shape index (κ2) is 10.9. The summed E-state index contributed by atoms with van der Waals surface area (Å²) >= 11 is 1.44. The van der Waals surface area contributed by atoms with Crippen LogP contribution in [0.5, 0.6) is 0 Å². The Kier molecular flexibility index (Phi) is 7.37. The Hall–Kier alpha value is -3.86. The number of amidine groups is 1. The van der Waals surface area contributed by atoms with E-state index in [9.17, 15) is 14.0 Å². The summed E-state index contributed by atoms with van der Waals surface area (Å²) in [6.45, 7) is 1.80. The molecule has 1 aliphatic heterocycles. The number of nitrogens with one attached hydrogen (secondary N) is 1. The van der Waals surface area contributed by atoms with Gasteiger partial charge in [0, 0.05) is 23.2 Å². The number of hydrogen-bond acceptors (Lipinski definition) is 10. The van der Waals surface area contributed by atoms with Gasteiger partial charge in [0.25, 0.3) is 0 Å².